The molecule has 0 fully saturated rings. The minimum atomic E-state index is -0.273. The number of anilines is 2. The van der Waals surface area contributed by atoms with Crippen LogP contribution in [0.15, 0.2) is 103 Å². The second kappa shape index (κ2) is 14.2. The van der Waals surface area contributed by atoms with Gasteiger partial charge in [-0.05, 0) is 92.9 Å². The van der Waals surface area contributed by atoms with E-state index in [0.29, 0.717) is 19.5 Å². The van der Waals surface area contributed by atoms with E-state index < -0.39 is 0 Å². The lowest BCUT2D eigenvalue weighted by Crippen LogP contribution is -2.28. The molecule has 0 bridgehead atoms. The maximum Gasteiger partial charge on any atom is 0.220 e. The van der Waals surface area contributed by atoms with Crippen LogP contribution in [0, 0.1) is 5.82 Å². The van der Waals surface area contributed by atoms with E-state index in [0.717, 1.165) is 64.9 Å². The van der Waals surface area contributed by atoms with E-state index in [9.17, 15) is 9.18 Å². The standard InChI is InChI=1S/C40H42FN5O/c1-40(2)34-27-31(44-30-11-5-3-6-12-30)20-22-36(34)46(26-10-4-7-15-38(47)43-25-24-42)37(40)23-21-33-32-13-8-9-14-35(32)45-39(33)28-16-18-29(41)19-17-28/h3,5-6,8-9,11-14,16-23,27,44H,4,7,10,15,24-26,42H2,1-2H3,(H,43,47)/p+1. The number of benzene rings is 4. The monoisotopic (exact) mass is 628 g/mol. The van der Waals surface area contributed by atoms with E-state index in [1.54, 1.807) is 0 Å². The van der Waals surface area contributed by atoms with E-state index >= 15 is 0 Å². The van der Waals surface area contributed by atoms with Gasteiger partial charge in [0.05, 0.1) is 11.1 Å². The summed E-state index contributed by atoms with van der Waals surface area (Å²) in [5.41, 5.74) is 15.0. The van der Waals surface area contributed by atoms with Crippen LogP contribution in [0.25, 0.3) is 28.2 Å². The number of nitrogens with one attached hydrogen (secondary N) is 3. The van der Waals surface area contributed by atoms with Crippen LogP contribution in [0.3, 0.4) is 0 Å². The Hall–Kier alpha value is -5.01. The molecule has 0 unspecified atom stereocenters. The Balaban J connectivity index is 1.34. The van der Waals surface area contributed by atoms with Gasteiger partial charge in [0.15, 0.2) is 5.71 Å². The smallest absolute Gasteiger partial charge is 0.220 e. The Kier molecular flexibility index (Phi) is 9.64. The molecule has 4 aromatic carbocycles. The maximum atomic E-state index is 13.8. The van der Waals surface area contributed by atoms with Gasteiger partial charge in [0.25, 0.3) is 0 Å². The largest absolute Gasteiger partial charge is 0.356 e. The summed E-state index contributed by atoms with van der Waals surface area (Å²) >= 11 is 0. The fraction of sp³-hybridized carbons (Fsp3) is 0.250. The SMILES string of the molecule is CC1(C)C(/C=C/c2c(-c3ccc(F)cc3)[nH]c3ccccc23)=[N+](CCCCCC(=O)NCCN)c2ccc(Nc3ccccc3)cc21. The normalized spacial score (nSPS) is 13.8. The highest BCUT2D eigenvalue weighted by Gasteiger charge is 2.44. The molecule has 240 valence electrons. The number of hydrogen-bond acceptors (Lipinski definition) is 3. The Labute approximate surface area is 276 Å². The predicted octanol–water partition coefficient (Wildman–Crippen LogP) is 8.44. The molecule has 6 nitrogen and oxygen atoms in total. The third-order valence-electron chi connectivity index (χ3n) is 8.99. The number of H-pyrrole nitrogens is 1. The lowest BCUT2D eigenvalue weighted by molar-refractivity contribution is -0.438. The summed E-state index contributed by atoms with van der Waals surface area (Å²) in [6.07, 6.45) is 7.71. The third-order valence-corrected chi connectivity index (χ3v) is 8.99. The number of nitrogens with two attached hydrogens (primary N) is 1. The Morgan fingerprint density at radius 3 is 2.45 bits per heavy atom. The quantitative estimate of drug-likeness (QED) is 0.0780. The van der Waals surface area contributed by atoms with Crippen LogP contribution in [-0.2, 0) is 10.2 Å². The van der Waals surface area contributed by atoms with Crippen molar-refractivity contribution in [1.82, 2.24) is 10.3 Å². The first kappa shape index (κ1) is 32.0. The molecule has 0 spiro atoms. The predicted molar refractivity (Wildman–Crippen MR) is 192 cm³/mol. The molecule has 6 rings (SSSR count). The topological polar surface area (TPSA) is 86.0 Å². The second-order valence-corrected chi connectivity index (χ2v) is 12.6. The van der Waals surface area contributed by atoms with Crippen LogP contribution in [0.1, 0.15) is 50.7 Å². The molecule has 1 aromatic heterocycles. The van der Waals surface area contributed by atoms with Gasteiger partial charge in [0, 0.05) is 71.5 Å². The minimum Gasteiger partial charge on any atom is -0.356 e. The van der Waals surface area contributed by atoms with E-state index in [1.807, 2.05) is 42.5 Å². The van der Waals surface area contributed by atoms with Crippen molar-refractivity contribution >= 4 is 45.7 Å². The number of aromatic nitrogens is 1. The van der Waals surface area contributed by atoms with Crippen LogP contribution in [0.4, 0.5) is 21.5 Å². The van der Waals surface area contributed by atoms with Gasteiger partial charge in [-0.25, -0.2) is 4.39 Å². The molecule has 0 radical (unpaired) electrons. The van der Waals surface area contributed by atoms with Gasteiger partial charge >= 0.3 is 0 Å². The van der Waals surface area contributed by atoms with E-state index in [1.165, 1.54) is 29.1 Å². The third kappa shape index (κ3) is 7.05. The van der Waals surface area contributed by atoms with Crippen LogP contribution in [0.5, 0.6) is 0 Å². The average molecular weight is 629 g/mol. The number of para-hydroxylation sites is 2. The van der Waals surface area contributed by atoms with Crippen LogP contribution in [0.2, 0.25) is 0 Å². The number of hydrogen-bond donors (Lipinski definition) is 4. The maximum absolute atomic E-state index is 13.8. The number of halogens is 1. The van der Waals surface area contributed by atoms with Crippen molar-refractivity contribution in [2.75, 3.05) is 25.0 Å². The molecule has 0 atom stereocenters. The molecule has 1 aliphatic rings. The Morgan fingerprint density at radius 2 is 1.66 bits per heavy atom. The number of nitrogens with zero attached hydrogens (tertiary/aromatic N) is 1. The summed E-state index contributed by atoms with van der Waals surface area (Å²) in [4.78, 5) is 15.7. The molecule has 7 heteroatoms. The van der Waals surface area contributed by atoms with Crippen molar-refractivity contribution in [2.24, 2.45) is 5.73 Å². The highest BCUT2D eigenvalue weighted by Crippen LogP contribution is 2.42. The van der Waals surface area contributed by atoms with Crippen molar-refractivity contribution < 1.29 is 13.8 Å². The first-order valence-corrected chi connectivity index (χ1v) is 16.5. The van der Waals surface area contributed by atoms with Gasteiger partial charge in [-0.3, -0.25) is 4.79 Å². The summed E-state index contributed by atoms with van der Waals surface area (Å²) in [7, 11) is 0. The number of aromatic amines is 1. The molecule has 0 saturated carbocycles. The van der Waals surface area contributed by atoms with Crippen molar-refractivity contribution in [3.8, 4) is 11.3 Å². The van der Waals surface area contributed by atoms with Gasteiger partial charge in [-0.1, -0.05) is 36.4 Å². The molecule has 0 saturated heterocycles. The zero-order valence-corrected chi connectivity index (χ0v) is 27.2. The van der Waals surface area contributed by atoms with E-state index in [-0.39, 0.29) is 17.1 Å². The molecule has 5 N–H and O–H groups in total. The number of amides is 1. The fourth-order valence-electron chi connectivity index (χ4n) is 6.56. The summed E-state index contributed by atoms with van der Waals surface area (Å²) in [6.45, 7) is 6.38. The first-order valence-electron chi connectivity index (χ1n) is 16.5. The van der Waals surface area contributed by atoms with Gasteiger partial charge in [-0.15, -0.1) is 0 Å². The van der Waals surface area contributed by atoms with Crippen molar-refractivity contribution in [3.05, 3.63) is 120 Å². The summed E-state index contributed by atoms with van der Waals surface area (Å²) < 4.78 is 16.3. The zero-order valence-electron chi connectivity index (χ0n) is 27.2. The fourth-order valence-corrected chi connectivity index (χ4v) is 6.56. The molecule has 47 heavy (non-hydrogen) atoms. The van der Waals surface area contributed by atoms with Gasteiger partial charge in [0.1, 0.15) is 12.4 Å². The summed E-state index contributed by atoms with van der Waals surface area (Å²) in [5.74, 6) is -0.191. The number of unbranched alkanes of at least 4 members (excludes halogenated alkanes) is 2. The average Bonchev–Trinajstić information content (AvgIpc) is 3.54. The Bertz CT molecular complexity index is 1920. The molecule has 1 amide bonds. The number of carbonyl (C=O) groups is 1. The number of fused-ring (bicyclic) bond motifs is 2. The van der Waals surface area contributed by atoms with Gasteiger partial charge < -0.3 is 21.4 Å². The summed E-state index contributed by atoms with van der Waals surface area (Å²) in [5, 5.41) is 7.55. The molecular weight excluding hydrogens is 585 g/mol. The number of carbonyl (C=O) groups excluding carboxylic acids is 1. The van der Waals surface area contributed by atoms with Crippen LogP contribution >= 0.6 is 0 Å². The van der Waals surface area contributed by atoms with Crippen molar-refractivity contribution in [3.63, 3.8) is 0 Å². The second-order valence-electron chi connectivity index (χ2n) is 12.6. The highest BCUT2D eigenvalue weighted by molar-refractivity contribution is 6.08. The van der Waals surface area contributed by atoms with E-state index in [2.05, 4.69) is 88.7 Å². The van der Waals surface area contributed by atoms with Crippen LogP contribution in [-0.4, -0.2) is 40.8 Å². The van der Waals surface area contributed by atoms with E-state index in [4.69, 9.17) is 5.73 Å². The minimum absolute atomic E-state index is 0.0624. The lowest BCUT2D eigenvalue weighted by Gasteiger charge is -2.17. The highest BCUT2D eigenvalue weighted by atomic mass is 19.1. The van der Waals surface area contributed by atoms with Crippen molar-refractivity contribution in [1.29, 1.82) is 0 Å². The molecule has 2 heterocycles. The first-order chi connectivity index (χ1) is 22.8. The lowest BCUT2D eigenvalue weighted by atomic mass is 9.81. The number of rotatable bonds is 13. The number of allylic oxidation sites excluding steroid dienone is 1. The molecular formula is C40H43FN5O+. The Morgan fingerprint density at radius 1 is 0.894 bits per heavy atom. The summed E-state index contributed by atoms with van der Waals surface area (Å²) in [6, 6.07) is 31.8. The molecule has 5 aromatic rings. The van der Waals surface area contributed by atoms with Gasteiger partial charge in [0.2, 0.25) is 11.6 Å². The van der Waals surface area contributed by atoms with Crippen LogP contribution < -0.4 is 16.4 Å². The molecule has 0 aliphatic carbocycles. The van der Waals surface area contributed by atoms with Gasteiger partial charge in [-0.2, -0.15) is 4.58 Å². The molecule has 1 aliphatic heterocycles. The van der Waals surface area contributed by atoms with Crippen molar-refractivity contribution in [2.45, 2.75) is 44.9 Å². The zero-order chi connectivity index (χ0) is 32.8.